The van der Waals surface area contributed by atoms with E-state index in [-0.39, 0.29) is 52.7 Å². The Morgan fingerprint density at radius 1 is 1.15 bits per heavy atom. The number of fused-ring (bicyclic) bond motifs is 1. The summed E-state index contributed by atoms with van der Waals surface area (Å²) in [5.41, 5.74) is 0.0220. The van der Waals surface area contributed by atoms with Crippen molar-refractivity contribution >= 4 is 34.3 Å². The van der Waals surface area contributed by atoms with E-state index in [9.17, 15) is 18.8 Å². The summed E-state index contributed by atoms with van der Waals surface area (Å²) < 4.78 is 24.6. The second-order valence-electron chi connectivity index (χ2n) is 9.27. The van der Waals surface area contributed by atoms with Crippen LogP contribution in [-0.2, 0) is 4.79 Å². The number of benzene rings is 2. The normalized spacial score (nSPS) is 22.9. The Morgan fingerprint density at radius 2 is 1.91 bits per heavy atom. The molecule has 6 nitrogen and oxygen atoms in total. The highest BCUT2D eigenvalue weighted by atomic mass is 35.5. The number of halogens is 2. The maximum Gasteiger partial charge on any atom is 0.258 e. The summed E-state index contributed by atoms with van der Waals surface area (Å²) in [5, 5.41) is 3.73. The van der Waals surface area contributed by atoms with Gasteiger partial charge < -0.3 is 14.5 Å². The molecule has 0 aliphatic heterocycles. The molecule has 0 unspecified atom stereocenters. The van der Waals surface area contributed by atoms with E-state index in [0.29, 0.717) is 46.6 Å². The number of carbonyl (C=O) groups is 2. The molecule has 33 heavy (non-hydrogen) atoms. The summed E-state index contributed by atoms with van der Waals surface area (Å²) >= 11 is 5.92. The lowest BCUT2D eigenvalue weighted by molar-refractivity contribution is -0.164. The average molecular weight is 470 g/mol. The maximum absolute atomic E-state index is 13.6. The van der Waals surface area contributed by atoms with Gasteiger partial charge in [0.05, 0.1) is 5.39 Å². The zero-order chi connectivity index (χ0) is 23.4. The topological polar surface area (TPSA) is 85.6 Å². The number of rotatable bonds is 7. The van der Waals surface area contributed by atoms with Gasteiger partial charge in [-0.3, -0.25) is 14.4 Å². The molecule has 0 saturated heterocycles. The molecule has 3 aliphatic rings. The molecule has 3 aliphatic carbocycles. The minimum atomic E-state index is -0.384. The van der Waals surface area contributed by atoms with E-state index in [4.69, 9.17) is 20.8 Å². The molecule has 3 saturated carbocycles. The predicted molar refractivity (Wildman–Crippen MR) is 120 cm³/mol. The molecule has 1 N–H and O–H groups in total. The fourth-order valence-electron chi connectivity index (χ4n) is 5.16. The van der Waals surface area contributed by atoms with Crippen molar-refractivity contribution < 1.29 is 23.1 Å². The minimum Gasteiger partial charge on any atom is -0.484 e. The van der Waals surface area contributed by atoms with E-state index in [1.807, 2.05) is 0 Å². The monoisotopic (exact) mass is 469 g/mol. The van der Waals surface area contributed by atoms with Gasteiger partial charge in [0.25, 0.3) is 5.91 Å². The Bertz CT molecular complexity index is 1340. The number of amides is 1. The van der Waals surface area contributed by atoms with Crippen LogP contribution in [0, 0.1) is 18.2 Å². The highest BCUT2D eigenvalue weighted by molar-refractivity contribution is 6.31. The zero-order valence-corrected chi connectivity index (χ0v) is 18.6. The van der Waals surface area contributed by atoms with Crippen molar-refractivity contribution in [2.75, 3.05) is 6.61 Å². The first-order valence-electron chi connectivity index (χ1n) is 10.6. The molecule has 170 valence electrons. The number of Topliss-reactive ketones (excluding diaryl/α,β-unsaturated/α-hetero) is 1. The molecule has 8 heteroatoms. The molecule has 0 spiro atoms. The van der Waals surface area contributed by atoms with Gasteiger partial charge in [0.1, 0.15) is 17.1 Å². The van der Waals surface area contributed by atoms with E-state index in [1.165, 1.54) is 18.2 Å². The highest BCUT2D eigenvalue weighted by Crippen LogP contribution is 2.69. The lowest BCUT2D eigenvalue weighted by Gasteiger charge is -2.70. The lowest BCUT2D eigenvalue weighted by atomic mass is 9.38. The third-order valence-corrected chi connectivity index (χ3v) is 6.79. The molecule has 3 aromatic rings. The molecular weight excluding hydrogens is 449 g/mol. The van der Waals surface area contributed by atoms with Gasteiger partial charge in [-0.2, -0.15) is 0 Å². The van der Waals surface area contributed by atoms with Crippen LogP contribution in [0.15, 0.2) is 51.7 Å². The number of nitrogens with one attached hydrogen (secondary N) is 1. The molecule has 0 atom stereocenters. The van der Waals surface area contributed by atoms with Gasteiger partial charge in [-0.1, -0.05) is 17.7 Å². The van der Waals surface area contributed by atoms with Crippen LogP contribution in [0.25, 0.3) is 11.0 Å². The van der Waals surface area contributed by atoms with Crippen LogP contribution >= 0.6 is 11.6 Å². The van der Waals surface area contributed by atoms with Crippen molar-refractivity contribution in [1.29, 1.82) is 0 Å². The van der Waals surface area contributed by atoms with Gasteiger partial charge in [0, 0.05) is 29.1 Å². The number of hydrogen-bond acceptors (Lipinski definition) is 5. The molecule has 1 aromatic heterocycles. The van der Waals surface area contributed by atoms with Crippen molar-refractivity contribution in [3.05, 3.63) is 74.9 Å². The molecule has 6 rings (SSSR count). The van der Waals surface area contributed by atoms with Gasteiger partial charge >= 0.3 is 0 Å². The maximum atomic E-state index is 13.6. The molecule has 1 heterocycles. The number of ketones is 1. The van der Waals surface area contributed by atoms with Crippen molar-refractivity contribution in [3.8, 4) is 5.75 Å². The van der Waals surface area contributed by atoms with Crippen LogP contribution < -0.4 is 15.5 Å². The molecule has 0 radical (unpaired) electrons. The van der Waals surface area contributed by atoms with Crippen molar-refractivity contribution in [2.45, 2.75) is 38.1 Å². The van der Waals surface area contributed by atoms with Gasteiger partial charge in [-0.15, -0.1) is 0 Å². The summed E-state index contributed by atoms with van der Waals surface area (Å²) in [5.74, 6) is -0.559. The second kappa shape index (κ2) is 7.70. The number of aryl methyl sites for hydroxylation is 1. The Labute approximate surface area is 193 Å². The Kier molecular flexibility index (Phi) is 5.05. The first kappa shape index (κ1) is 21.6. The van der Waals surface area contributed by atoms with Crippen molar-refractivity contribution in [1.82, 2.24) is 5.32 Å². The Hall–Kier alpha value is -3.19. The van der Waals surface area contributed by atoms with Gasteiger partial charge in [0.15, 0.2) is 23.6 Å². The molecular formula is C25H21ClFNO5. The van der Waals surface area contributed by atoms with Crippen LogP contribution in [0.4, 0.5) is 4.39 Å². The predicted octanol–water partition coefficient (Wildman–Crippen LogP) is 4.58. The minimum absolute atomic E-state index is 0.0383. The summed E-state index contributed by atoms with van der Waals surface area (Å²) in [4.78, 5) is 37.4. The van der Waals surface area contributed by atoms with E-state index >= 15 is 0 Å². The van der Waals surface area contributed by atoms with Gasteiger partial charge in [-0.25, -0.2) is 4.39 Å². The molecule has 2 aromatic carbocycles. The SMILES string of the molecule is Cc1ccc(OCC(=O)NC23CC(CC(=O)c4cc(=O)c5cc(Cl)ccc5o4)(C2)C3)cc1F. The third-order valence-electron chi connectivity index (χ3n) is 6.56. The van der Waals surface area contributed by atoms with Crippen molar-refractivity contribution in [3.63, 3.8) is 0 Å². The van der Waals surface area contributed by atoms with Crippen LogP contribution in [0.5, 0.6) is 5.75 Å². The smallest absolute Gasteiger partial charge is 0.258 e. The van der Waals surface area contributed by atoms with Crippen molar-refractivity contribution in [2.24, 2.45) is 5.41 Å². The first-order valence-corrected chi connectivity index (χ1v) is 11.0. The van der Waals surface area contributed by atoms with E-state index in [1.54, 1.807) is 31.2 Å². The standard InChI is InChI=1S/C25H21ClFNO5/c1-14-2-4-16(7-18(14)27)32-10-23(31)28-25-11-24(12-25,13-25)9-20(30)22-8-19(29)17-6-15(26)3-5-21(17)33-22/h2-8H,9-13H2,1H3,(H,28,31). The fourth-order valence-corrected chi connectivity index (χ4v) is 5.33. The molecule has 2 bridgehead atoms. The fraction of sp³-hybridized carbons (Fsp3) is 0.320. The van der Waals surface area contributed by atoms with E-state index < -0.39 is 0 Å². The van der Waals surface area contributed by atoms with Gasteiger partial charge in [-0.05, 0) is 61.4 Å². The Balaban J connectivity index is 1.15. The van der Waals surface area contributed by atoms with Gasteiger partial charge in [0.2, 0.25) is 0 Å². The van der Waals surface area contributed by atoms with E-state index in [0.717, 1.165) is 0 Å². The van der Waals surface area contributed by atoms with Crippen LogP contribution in [0.1, 0.15) is 41.8 Å². The number of hydrogen-bond donors (Lipinski definition) is 1. The van der Waals surface area contributed by atoms with Crippen LogP contribution in [0.2, 0.25) is 5.02 Å². The number of carbonyl (C=O) groups excluding carboxylic acids is 2. The zero-order valence-electron chi connectivity index (χ0n) is 17.9. The summed E-state index contributed by atoms with van der Waals surface area (Å²) in [6.07, 6.45) is 2.31. The van der Waals surface area contributed by atoms with Crippen LogP contribution in [-0.4, -0.2) is 23.8 Å². The average Bonchev–Trinajstić information content (AvgIpc) is 2.72. The second-order valence-corrected chi connectivity index (χ2v) is 9.71. The quantitative estimate of drug-likeness (QED) is 0.512. The Morgan fingerprint density at radius 3 is 2.64 bits per heavy atom. The lowest BCUT2D eigenvalue weighted by Crippen LogP contribution is -2.75. The van der Waals surface area contributed by atoms with Crippen LogP contribution in [0.3, 0.4) is 0 Å². The summed E-state index contributed by atoms with van der Waals surface area (Å²) in [6.45, 7) is 1.45. The highest BCUT2D eigenvalue weighted by Gasteiger charge is 2.68. The molecule has 3 fully saturated rings. The molecule has 1 amide bonds. The largest absolute Gasteiger partial charge is 0.484 e. The number of ether oxygens (including phenoxy) is 1. The third kappa shape index (κ3) is 4.02. The van der Waals surface area contributed by atoms with E-state index in [2.05, 4.69) is 5.32 Å². The summed E-state index contributed by atoms with van der Waals surface area (Å²) in [6, 6.07) is 10.4. The summed E-state index contributed by atoms with van der Waals surface area (Å²) in [7, 11) is 0. The first-order chi connectivity index (χ1) is 15.7.